The van der Waals surface area contributed by atoms with Gasteiger partial charge in [0.2, 0.25) is 0 Å². The summed E-state index contributed by atoms with van der Waals surface area (Å²) >= 11 is 0. The van der Waals surface area contributed by atoms with E-state index in [0.717, 1.165) is 36.6 Å². The minimum absolute atomic E-state index is 0.0175. The number of piperidine rings is 1. The number of ether oxygens (including phenoxy) is 1. The number of carbonyl (C=O) groups excluding carboxylic acids is 2. The number of rotatable bonds is 7. The number of pyridine rings is 1. The van der Waals surface area contributed by atoms with Crippen molar-refractivity contribution >= 4 is 32.7 Å². The highest BCUT2D eigenvalue weighted by Crippen LogP contribution is 2.36. The highest BCUT2D eigenvalue weighted by Gasteiger charge is 2.42. The first kappa shape index (κ1) is 27.6. The lowest BCUT2D eigenvalue weighted by Gasteiger charge is -2.40. The lowest BCUT2D eigenvalue weighted by Crippen LogP contribution is -2.53. The van der Waals surface area contributed by atoms with Crippen LogP contribution in [0.2, 0.25) is 0 Å². The van der Waals surface area contributed by atoms with Crippen molar-refractivity contribution in [1.29, 1.82) is 0 Å². The molecule has 0 spiro atoms. The van der Waals surface area contributed by atoms with E-state index in [4.69, 9.17) is 4.74 Å². The van der Waals surface area contributed by atoms with Crippen molar-refractivity contribution in [3.63, 3.8) is 0 Å². The molecular formula is C28H38N4O6S. The highest BCUT2D eigenvalue weighted by molar-refractivity contribution is 7.91. The molecule has 11 heteroatoms. The molecule has 0 radical (unpaired) electrons. The number of fused-ring (bicyclic) bond motifs is 3. The first-order valence-corrected chi connectivity index (χ1v) is 15.7. The molecule has 3 aliphatic rings. The van der Waals surface area contributed by atoms with Crippen molar-refractivity contribution in [3.8, 4) is 0 Å². The summed E-state index contributed by atoms with van der Waals surface area (Å²) in [4.78, 5) is 43.1. The molecule has 4 heterocycles. The third-order valence-corrected chi connectivity index (χ3v) is 10.3. The minimum Gasteiger partial charge on any atom is -0.453 e. The number of para-hydroxylation sites is 1. The molecule has 39 heavy (non-hydrogen) atoms. The third-order valence-electron chi connectivity index (χ3n) is 8.58. The van der Waals surface area contributed by atoms with Gasteiger partial charge in [0.15, 0.2) is 9.84 Å². The van der Waals surface area contributed by atoms with Gasteiger partial charge in [-0.15, -0.1) is 0 Å². The molecule has 3 atom stereocenters. The van der Waals surface area contributed by atoms with Gasteiger partial charge < -0.3 is 19.5 Å². The van der Waals surface area contributed by atoms with Crippen LogP contribution in [0.1, 0.15) is 62.4 Å². The quantitative estimate of drug-likeness (QED) is 0.555. The fourth-order valence-corrected chi connectivity index (χ4v) is 8.50. The van der Waals surface area contributed by atoms with E-state index in [1.54, 1.807) is 15.5 Å². The Morgan fingerprint density at radius 2 is 1.82 bits per heavy atom. The molecule has 3 fully saturated rings. The molecule has 212 valence electrons. The average Bonchev–Trinajstić information content (AvgIpc) is 3.37. The van der Waals surface area contributed by atoms with Crippen LogP contribution in [0, 0.1) is 0 Å². The molecule has 2 amide bonds. The number of aromatic nitrogens is 1. The molecule has 5 rings (SSSR count). The van der Waals surface area contributed by atoms with Crippen LogP contribution in [0.3, 0.4) is 0 Å². The van der Waals surface area contributed by atoms with E-state index >= 15 is 0 Å². The number of nitrogens with one attached hydrogen (secondary N) is 1. The monoisotopic (exact) mass is 558 g/mol. The normalized spacial score (nSPS) is 26.2. The van der Waals surface area contributed by atoms with Gasteiger partial charge in [-0.2, -0.15) is 0 Å². The van der Waals surface area contributed by atoms with Crippen LogP contribution in [0.5, 0.6) is 0 Å². The summed E-state index contributed by atoms with van der Waals surface area (Å²) in [7, 11) is -1.80. The minimum atomic E-state index is -3.13. The van der Waals surface area contributed by atoms with Gasteiger partial charge in [-0.05, 0) is 63.5 Å². The zero-order valence-corrected chi connectivity index (χ0v) is 23.7. The predicted octanol–water partition coefficient (Wildman–Crippen LogP) is 2.56. The molecule has 1 N–H and O–H groups in total. The Hall–Kier alpha value is -2.92. The Kier molecular flexibility index (Phi) is 7.74. The summed E-state index contributed by atoms with van der Waals surface area (Å²) in [5, 5.41) is 4.00. The number of nitrogens with zero attached hydrogens (tertiary/aromatic N) is 3. The lowest BCUT2D eigenvalue weighted by molar-refractivity contribution is 0.0718. The number of hydrogen-bond donors (Lipinski definition) is 1. The highest BCUT2D eigenvalue weighted by atomic mass is 32.2. The van der Waals surface area contributed by atoms with E-state index in [9.17, 15) is 22.8 Å². The Morgan fingerprint density at radius 3 is 2.44 bits per heavy atom. The summed E-state index contributed by atoms with van der Waals surface area (Å²) < 4.78 is 30.6. The van der Waals surface area contributed by atoms with E-state index < -0.39 is 15.9 Å². The Bertz CT molecular complexity index is 1410. The van der Waals surface area contributed by atoms with E-state index in [1.807, 2.05) is 38.1 Å². The maximum Gasteiger partial charge on any atom is 0.409 e. The van der Waals surface area contributed by atoms with Gasteiger partial charge in [-0.1, -0.05) is 18.2 Å². The predicted molar refractivity (Wildman–Crippen MR) is 149 cm³/mol. The molecule has 2 unspecified atom stereocenters. The summed E-state index contributed by atoms with van der Waals surface area (Å²) in [6.07, 6.45) is 3.49. The number of benzene rings is 1. The van der Waals surface area contributed by atoms with Crippen LogP contribution in [0.15, 0.2) is 35.1 Å². The van der Waals surface area contributed by atoms with Crippen LogP contribution in [0.25, 0.3) is 10.9 Å². The van der Waals surface area contributed by atoms with Crippen LogP contribution < -0.4 is 10.9 Å². The van der Waals surface area contributed by atoms with Crippen molar-refractivity contribution in [1.82, 2.24) is 19.7 Å². The van der Waals surface area contributed by atoms with Gasteiger partial charge in [-0.3, -0.25) is 14.5 Å². The van der Waals surface area contributed by atoms with Crippen LogP contribution in [0.4, 0.5) is 4.79 Å². The van der Waals surface area contributed by atoms with Crippen LogP contribution in [-0.2, 0) is 14.6 Å². The molecule has 2 aromatic rings. The van der Waals surface area contributed by atoms with E-state index in [0.29, 0.717) is 19.5 Å². The van der Waals surface area contributed by atoms with Gasteiger partial charge in [0.25, 0.3) is 11.5 Å². The van der Waals surface area contributed by atoms with Crippen molar-refractivity contribution < 1.29 is 22.7 Å². The van der Waals surface area contributed by atoms with Crippen LogP contribution >= 0.6 is 0 Å². The first-order chi connectivity index (χ1) is 18.6. The number of carbonyl (C=O) groups is 2. The number of amides is 2. The molecule has 10 nitrogen and oxygen atoms in total. The molecule has 1 aromatic carbocycles. The average molecular weight is 559 g/mol. The van der Waals surface area contributed by atoms with E-state index in [-0.39, 0.29) is 58.7 Å². The molecule has 0 aliphatic carbocycles. The van der Waals surface area contributed by atoms with Crippen LogP contribution in [-0.4, -0.2) is 90.7 Å². The SMILES string of the molecule is COC(=O)N(CCN1C2CCC1CC(NC(=O)c1cc3ccccc3n(C(C)C)c1=O)C2)[C@@H]1CCS(=O)(=O)C1. The first-order valence-electron chi connectivity index (χ1n) is 13.8. The van der Waals surface area contributed by atoms with Gasteiger partial charge in [0.1, 0.15) is 5.56 Å². The third kappa shape index (κ3) is 5.56. The smallest absolute Gasteiger partial charge is 0.409 e. The largest absolute Gasteiger partial charge is 0.453 e. The van der Waals surface area contributed by atoms with Crippen molar-refractivity contribution in [2.75, 3.05) is 31.7 Å². The zero-order valence-electron chi connectivity index (χ0n) is 22.8. The summed E-state index contributed by atoms with van der Waals surface area (Å²) in [5.41, 5.74) is 0.701. The summed E-state index contributed by atoms with van der Waals surface area (Å²) in [6.45, 7) is 4.92. The van der Waals surface area contributed by atoms with Gasteiger partial charge >= 0.3 is 6.09 Å². The van der Waals surface area contributed by atoms with E-state index in [1.165, 1.54) is 7.11 Å². The van der Waals surface area contributed by atoms with Gasteiger partial charge in [0, 0.05) is 37.3 Å². The van der Waals surface area contributed by atoms with Crippen molar-refractivity contribution in [2.45, 2.75) is 76.2 Å². The maximum atomic E-state index is 13.3. The standard InChI is InChI=1S/C28H38N4O6S/c1-18(2)32-25-7-5-4-6-19(25)14-24(27(32)34)26(33)29-20-15-21-8-9-22(16-20)30(21)11-12-31(28(35)38-3)23-10-13-39(36,37)17-23/h4-7,14,18,20-23H,8-13,15-17H2,1-3H3,(H,29,33)/t20?,21?,22?,23-/m1/s1. The Labute approximate surface area is 229 Å². The zero-order chi connectivity index (χ0) is 27.9. The number of sulfone groups is 1. The van der Waals surface area contributed by atoms with E-state index in [2.05, 4.69) is 10.2 Å². The molecule has 3 aliphatic heterocycles. The summed E-state index contributed by atoms with van der Waals surface area (Å²) in [6, 6.07) is 9.34. The lowest BCUT2D eigenvalue weighted by atomic mass is 9.96. The van der Waals surface area contributed by atoms with Crippen molar-refractivity contribution in [2.24, 2.45) is 0 Å². The Balaban J connectivity index is 1.25. The Morgan fingerprint density at radius 1 is 1.13 bits per heavy atom. The molecular weight excluding hydrogens is 520 g/mol. The second kappa shape index (κ2) is 10.9. The molecule has 0 saturated carbocycles. The van der Waals surface area contributed by atoms with Crippen molar-refractivity contribution in [3.05, 3.63) is 46.2 Å². The topological polar surface area (TPSA) is 118 Å². The molecule has 1 aromatic heterocycles. The number of hydrogen-bond acceptors (Lipinski definition) is 7. The summed E-state index contributed by atoms with van der Waals surface area (Å²) in [5.74, 6) is -0.255. The fraction of sp³-hybridized carbons (Fsp3) is 0.607. The van der Waals surface area contributed by atoms with Gasteiger partial charge in [-0.25, -0.2) is 13.2 Å². The van der Waals surface area contributed by atoms with Gasteiger partial charge in [0.05, 0.1) is 30.2 Å². The molecule has 3 saturated heterocycles. The second-order valence-electron chi connectivity index (χ2n) is 11.4. The number of methoxy groups -OCH3 is 1. The fourth-order valence-electron chi connectivity index (χ4n) is 6.77. The molecule has 2 bridgehead atoms. The maximum absolute atomic E-state index is 13.3. The second-order valence-corrected chi connectivity index (χ2v) is 13.6.